The van der Waals surface area contributed by atoms with Gasteiger partial charge in [-0.3, -0.25) is 0 Å². The second-order valence-electron chi connectivity index (χ2n) is 8.00. The van der Waals surface area contributed by atoms with Crippen molar-refractivity contribution in [3.8, 4) is 0 Å². The van der Waals surface area contributed by atoms with Crippen molar-refractivity contribution < 1.29 is 14.3 Å². The third kappa shape index (κ3) is 11.5. The third-order valence-electron chi connectivity index (χ3n) is 2.99. The molecule has 0 aromatic carbocycles. The van der Waals surface area contributed by atoms with E-state index < -0.39 is 5.60 Å². The van der Waals surface area contributed by atoms with Crippen LogP contribution in [0.25, 0.3) is 0 Å². The minimum atomic E-state index is -0.468. The monoisotopic (exact) mass is 302 g/mol. The number of rotatable bonds is 7. The highest BCUT2D eigenvalue weighted by atomic mass is 16.6. The minimum Gasteiger partial charge on any atom is -0.444 e. The van der Waals surface area contributed by atoms with Gasteiger partial charge in [0, 0.05) is 25.7 Å². The first kappa shape index (κ1) is 20.2. The average Bonchev–Trinajstić information content (AvgIpc) is 2.21. The van der Waals surface area contributed by atoms with Crippen molar-refractivity contribution in [1.82, 2.24) is 4.90 Å². The summed E-state index contributed by atoms with van der Waals surface area (Å²) < 4.78 is 11.2. The zero-order valence-corrected chi connectivity index (χ0v) is 15.1. The van der Waals surface area contributed by atoms with Crippen LogP contribution in [-0.4, -0.2) is 47.9 Å². The molecule has 0 saturated heterocycles. The Balaban J connectivity index is 4.15. The normalized spacial score (nSPS) is 13.2. The molecule has 0 fully saturated rings. The molecule has 0 saturated carbocycles. The maximum atomic E-state index is 11.9. The fraction of sp³-hybridized carbons (Fsp3) is 0.938. The van der Waals surface area contributed by atoms with E-state index in [0.29, 0.717) is 13.2 Å². The van der Waals surface area contributed by atoms with Crippen LogP contribution in [-0.2, 0) is 9.47 Å². The fourth-order valence-electron chi connectivity index (χ4n) is 1.53. The van der Waals surface area contributed by atoms with Gasteiger partial charge in [-0.1, -0.05) is 0 Å². The van der Waals surface area contributed by atoms with Crippen LogP contribution >= 0.6 is 0 Å². The molecule has 0 bridgehead atoms. The lowest BCUT2D eigenvalue weighted by molar-refractivity contribution is -0.0348. The lowest BCUT2D eigenvalue weighted by atomic mass is 10.0. The molecule has 5 nitrogen and oxygen atoms in total. The molecule has 0 atom stereocenters. The van der Waals surface area contributed by atoms with Crippen LogP contribution in [0.5, 0.6) is 0 Å². The van der Waals surface area contributed by atoms with Crippen molar-refractivity contribution >= 4 is 6.09 Å². The number of ether oxygens (including phenoxy) is 2. The Morgan fingerprint density at radius 3 is 2.00 bits per heavy atom. The van der Waals surface area contributed by atoms with E-state index in [1.165, 1.54) is 0 Å². The van der Waals surface area contributed by atoms with E-state index in [4.69, 9.17) is 15.2 Å². The molecule has 21 heavy (non-hydrogen) atoms. The summed E-state index contributed by atoms with van der Waals surface area (Å²) in [5, 5.41) is 0. The van der Waals surface area contributed by atoms with Crippen molar-refractivity contribution in [2.24, 2.45) is 5.73 Å². The van der Waals surface area contributed by atoms with Crippen molar-refractivity contribution in [3.05, 3.63) is 0 Å². The first-order chi connectivity index (χ1) is 9.22. The quantitative estimate of drug-likeness (QED) is 0.784. The van der Waals surface area contributed by atoms with Crippen LogP contribution in [0.3, 0.4) is 0 Å². The molecule has 126 valence electrons. The van der Waals surface area contributed by atoms with Crippen molar-refractivity contribution in [2.75, 3.05) is 20.2 Å². The van der Waals surface area contributed by atoms with Crippen LogP contribution in [0.1, 0.15) is 61.3 Å². The largest absolute Gasteiger partial charge is 0.444 e. The molecule has 1 amide bonds. The fourth-order valence-corrected chi connectivity index (χ4v) is 1.53. The average molecular weight is 302 g/mol. The molecule has 0 aromatic heterocycles. The second kappa shape index (κ2) is 7.45. The van der Waals surface area contributed by atoms with Gasteiger partial charge in [-0.25, -0.2) is 4.79 Å². The Hall–Kier alpha value is -0.810. The summed E-state index contributed by atoms with van der Waals surface area (Å²) in [5.74, 6) is 0. The zero-order chi connectivity index (χ0) is 16.9. The van der Waals surface area contributed by atoms with Crippen LogP contribution < -0.4 is 5.73 Å². The summed E-state index contributed by atoms with van der Waals surface area (Å²) in [4.78, 5) is 13.5. The second-order valence-corrected chi connectivity index (χ2v) is 8.00. The van der Waals surface area contributed by atoms with Gasteiger partial charge in [0.25, 0.3) is 0 Å². The Bertz CT molecular complexity index is 327. The summed E-state index contributed by atoms with van der Waals surface area (Å²) in [6, 6.07) is 0. The molecule has 0 radical (unpaired) electrons. The van der Waals surface area contributed by atoms with Gasteiger partial charge in [0.2, 0.25) is 0 Å². The molecule has 0 heterocycles. The molecular weight excluding hydrogens is 268 g/mol. The minimum absolute atomic E-state index is 0.219. The van der Waals surface area contributed by atoms with Gasteiger partial charge in [-0.05, 0) is 61.3 Å². The number of nitrogens with zero attached hydrogens (tertiary/aromatic N) is 1. The van der Waals surface area contributed by atoms with Gasteiger partial charge in [0.05, 0.1) is 5.60 Å². The maximum absolute atomic E-state index is 11.9. The Labute approximate surface area is 130 Å². The number of hydrogen-bond acceptors (Lipinski definition) is 4. The van der Waals surface area contributed by atoms with E-state index in [-0.39, 0.29) is 17.2 Å². The van der Waals surface area contributed by atoms with Crippen LogP contribution in [0.15, 0.2) is 0 Å². The standard InChI is InChI=1S/C16H34N2O3/c1-14(2,3)21-13(19)18(8)11-9-16(6,7)20-12-10-15(4,5)17/h9-12,17H2,1-8H3. The summed E-state index contributed by atoms with van der Waals surface area (Å²) in [6.07, 6.45) is 1.24. The first-order valence-corrected chi connectivity index (χ1v) is 7.59. The summed E-state index contributed by atoms with van der Waals surface area (Å²) >= 11 is 0. The highest BCUT2D eigenvalue weighted by molar-refractivity contribution is 5.67. The number of amides is 1. The van der Waals surface area contributed by atoms with Gasteiger partial charge in [-0.15, -0.1) is 0 Å². The Kier molecular flexibility index (Phi) is 7.16. The summed E-state index contributed by atoms with van der Waals surface area (Å²) in [7, 11) is 1.74. The lowest BCUT2D eigenvalue weighted by Gasteiger charge is -2.30. The molecule has 0 aliphatic carbocycles. The molecule has 0 rings (SSSR count). The Morgan fingerprint density at radius 1 is 1.05 bits per heavy atom. The van der Waals surface area contributed by atoms with Gasteiger partial charge in [0.1, 0.15) is 5.60 Å². The van der Waals surface area contributed by atoms with Gasteiger partial charge in [-0.2, -0.15) is 0 Å². The Morgan fingerprint density at radius 2 is 1.57 bits per heavy atom. The molecule has 0 aromatic rings. The van der Waals surface area contributed by atoms with Crippen molar-refractivity contribution in [1.29, 1.82) is 0 Å². The molecule has 0 aliphatic rings. The van der Waals surface area contributed by atoms with E-state index in [2.05, 4.69) is 0 Å². The maximum Gasteiger partial charge on any atom is 0.410 e. The number of carbonyl (C=O) groups excluding carboxylic acids is 1. The lowest BCUT2D eigenvalue weighted by Crippen LogP contribution is -2.39. The van der Waals surface area contributed by atoms with Crippen molar-refractivity contribution in [3.63, 3.8) is 0 Å². The molecule has 0 aliphatic heterocycles. The number of nitrogens with two attached hydrogens (primary N) is 1. The highest BCUT2D eigenvalue weighted by Gasteiger charge is 2.24. The zero-order valence-electron chi connectivity index (χ0n) is 15.1. The molecular formula is C16H34N2O3. The number of hydrogen-bond donors (Lipinski definition) is 1. The summed E-state index contributed by atoms with van der Waals surface area (Å²) in [5.41, 5.74) is 4.96. The van der Waals surface area contributed by atoms with Crippen LogP contribution in [0, 0.1) is 0 Å². The van der Waals surface area contributed by atoms with Crippen LogP contribution in [0.2, 0.25) is 0 Å². The SMILES string of the molecule is CN(CCC(C)(C)OCCC(C)(C)N)C(=O)OC(C)(C)C. The molecule has 0 unspecified atom stereocenters. The van der Waals surface area contributed by atoms with E-state index >= 15 is 0 Å². The van der Waals surface area contributed by atoms with Crippen molar-refractivity contribution in [2.45, 2.75) is 78.0 Å². The van der Waals surface area contributed by atoms with Gasteiger partial charge < -0.3 is 20.1 Å². The van der Waals surface area contributed by atoms with Crippen LogP contribution in [0.4, 0.5) is 4.79 Å². The first-order valence-electron chi connectivity index (χ1n) is 7.59. The van der Waals surface area contributed by atoms with Gasteiger partial charge >= 0.3 is 6.09 Å². The highest BCUT2D eigenvalue weighted by Crippen LogP contribution is 2.17. The van der Waals surface area contributed by atoms with E-state index in [9.17, 15) is 4.79 Å². The van der Waals surface area contributed by atoms with Gasteiger partial charge in [0.15, 0.2) is 0 Å². The third-order valence-corrected chi connectivity index (χ3v) is 2.99. The smallest absolute Gasteiger partial charge is 0.410 e. The van der Waals surface area contributed by atoms with E-state index in [1.54, 1.807) is 11.9 Å². The topological polar surface area (TPSA) is 64.8 Å². The van der Waals surface area contributed by atoms with E-state index in [0.717, 1.165) is 12.8 Å². The predicted molar refractivity (Wildman–Crippen MR) is 86.4 cm³/mol. The molecule has 5 heteroatoms. The van der Waals surface area contributed by atoms with E-state index in [1.807, 2.05) is 48.5 Å². The predicted octanol–water partition coefficient (Wildman–Crippen LogP) is 3.17. The number of carbonyl (C=O) groups is 1. The molecule has 2 N–H and O–H groups in total. The molecule has 0 spiro atoms. The summed E-state index contributed by atoms with van der Waals surface area (Å²) in [6.45, 7) is 14.8.